The molecule has 5 heteroatoms. The molecule has 0 radical (unpaired) electrons. The van der Waals surface area contributed by atoms with Crippen LogP contribution in [0.1, 0.15) is 5.56 Å². The first-order chi connectivity index (χ1) is 8.18. The predicted molar refractivity (Wildman–Crippen MR) is 77.9 cm³/mol. The number of nitrogens with one attached hydrogen (secondary N) is 1. The Morgan fingerprint density at radius 1 is 1.41 bits per heavy atom. The van der Waals surface area contributed by atoms with E-state index in [1.54, 1.807) is 17.5 Å². The third-order valence-electron chi connectivity index (χ3n) is 2.44. The standard InChI is InChI=1S/C12H14BrN3S/c1-16(2)12-3-4-14-6-11(12)15-5-9-7-17-8-10(9)13/h3-4,6-8,15H,5H2,1-2H3. The lowest BCUT2D eigenvalue weighted by atomic mass is 10.3. The van der Waals surface area contributed by atoms with Crippen LogP contribution < -0.4 is 10.2 Å². The van der Waals surface area contributed by atoms with Gasteiger partial charge >= 0.3 is 0 Å². The van der Waals surface area contributed by atoms with Crippen LogP contribution in [-0.4, -0.2) is 19.1 Å². The lowest BCUT2D eigenvalue weighted by molar-refractivity contribution is 1.09. The van der Waals surface area contributed by atoms with Crippen LogP contribution in [0.25, 0.3) is 0 Å². The fourth-order valence-corrected chi connectivity index (χ4v) is 2.98. The molecule has 90 valence electrons. The van der Waals surface area contributed by atoms with Crippen LogP contribution in [0.2, 0.25) is 0 Å². The second-order valence-electron chi connectivity index (χ2n) is 3.89. The van der Waals surface area contributed by atoms with Gasteiger partial charge in [0.1, 0.15) is 0 Å². The first-order valence-corrected chi connectivity index (χ1v) is 6.98. The zero-order chi connectivity index (χ0) is 12.3. The van der Waals surface area contributed by atoms with Crippen molar-refractivity contribution in [2.24, 2.45) is 0 Å². The fraction of sp³-hybridized carbons (Fsp3) is 0.250. The molecule has 2 heterocycles. The minimum absolute atomic E-state index is 0.802. The molecule has 0 unspecified atom stereocenters. The van der Waals surface area contributed by atoms with Crippen molar-refractivity contribution in [3.63, 3.8) is 0 Å². The van der Waals surface area contributed by atoms with E-state index in [9.17, 15) is 0 Å². The number of halogens is 1. The van der Waals surface area contributed by atoms with Gasteiger partial charge in [-0.15, -0.1) is 0 Å². The Morgan fingerprint density at radius 3 is 2.88 bits per heavy atom. The zero-order valence-electron chi connectivity index (χ0n) is 9.77. The maximum absolute atomic E-state index is 4.15. The summed E-state index contributed by atoms with van der Waals surface area (Å²) in [5.74, 6) is 0. The van der Waals surface area contributed by atoms with Gasteiger partial charge in [0.05, 0.1) is 17.6 Å². The quantitative estimate of drug-likeness (QED) is 0.935. The highest BCUT2D eigenvalue weighted by Crippen LogP contribution is 2.25. The summed E-state index contributed by atoms with van der Waals surface area (Å²) >= 11 is 5.23. The fourth-order valence-electron chi connectivity index (χ4n) is 1.54. The summed E-state index contributed by atoms with van der Waals surface area (Å²) in [4.78, 5) is 6.23. The van der Waals surface area contributed by atoms with E-state index in [4.69, 9.17) is 0 Å². The van der Waals surface area contributed by atoms with E-state index in [2.05, 4.69) is 41.9 Å². The second kappa shape index (κ2) is 5.51. The molecule has 0 fully saturated rings. The molecular formula is C12H14BrN3S. The molecule has 3 nitrogen and oxygen atoms in total. The molecule has 0 amide bonds. The molecule has 0 aliphatic rings. The predicted octanol–water partition coefficient (Wildman–Crippen LogP) is 3.58. The van der Waals surface area contributed by atoms with E-state index in [1.807, 2.05) is 26.4 Å². The average molecular weight is 312 g/mol. The Labute approximate surface area is 114 Å². The molecule has 2 aromatic rings. The molecule has 17 heavy (non-hydrogen) atoms. The number of rotatable bonds is 4. The summed E-state index contributed by atoms with van der Waals surface area (Å²) in [6.45, 7) is 0.802. The molecule has 2 rings (SSSR count). The summed E-state index contributed by atoms with van der Waals surface area (Å²) in [5.41, 5.74) is 3.46. The molecule has 0 atom stereocenters. The van der Waals surface area contributed by atoms with Gasteiger partial charge in [0.15, 0.2) is 0 Å². The largest absolute Gasteiger partial charge is 0.378 e. The Hall–Kier alpha value is -1.07. The topological polar surface area (TPSA) is 28.2 Å². The Balaban J connectivity index is 2.11. The molecule has 0 bridgehead atoms. The maximum Gasteiger partial charge on any atom is 0.0766 e. The Morgan fingerprint density at radius 2 is 2.24 bits per heavy atom. The van der Waals surface area contributed by atoms with Gasteiger partial charge < -0.3 is 10.2 Å². The number of pyridine rings is 1. The summed E-state index contributed by atoms with van der Waals surface area (Å²) in [7, 11) is 4.06. The van der Waals surface area contributed by atoms with E-state index in [1.165, 1.54) is 5.56 Å². The van der Waals surface area contributed by atoms with Gasteiger partial charge in [-0.05, 0) is 32.9 Å². The SMILES string of the molecule is CN(C)c1ccncc1NCc1cscc1Br. The van der Waals surface area contributed by atoms with Crippen LogP contribution >= 0.6 is 27.3 Å². The highest BCUT2D eigenvalue weighted by atomic mass is 79.9. The first kappa shape index (κ1) is 12.4. The second-order valence-corrected chi connectivity index (χ2v) is 5.48. The van der Waals surface area contributed by atoms with E-state index >= 15 is 0 Å². The van der Waals surface area contributed by atoms with Crippen molar-refractivity contribution in [3.05, 3.63) is 39.3 Å². The average Bonchev–Trinajstić information content (AvgIpc) is 2.72. The molecule has 0 aromatic carbocycles. The molecule has 0 aliphatic carbocycles. The highest BCUT2D eigenvalue weighted by Gasteiger charge is 2.05. The third kappa shape index (κ3) is 2.98. The van der Waals surface area contributed by atoms with Gasteiger partial charge in [-0.1, -0.05) is 0 Å². The van der Waals surface area contributed by atoms with Crippen LogP contribution in [0.4, 0.5) is 11.4 Å². The van der Waals surface area contributed by atoms with Gasteiger partial charge in [0.2, 0.25) is 0 Å². The number of nitrogens with zero attached hydrogens (tertiary/aromatic N) is 2. The van der Waals surface area contributed by atoms with Gasteiger partial charge in [-0.3, -0.25) is 4.98 Å². The van der Waals surface area contributed by atoms with Crippen LogP contribution in [0.15, 0.2) is 33.7 Å². The van der Waals surface area contributed by atoms with E-state index < -0.39 is 0 Å². The minimum atomic E-state index is 0.802. The van der Waals surface area contributed by atoms with Gasteiger partial charge in [0, 0.05) is 36.7 Å². The van der Waals surface area contributed by atoms with Crippen molar-refractivity contribution in [1.82, 2.24) is 4.98 Å². The van der Waals surface area contributed by atoms with Crippen molar-refractivity contribution in [2.45, 2.75) is 6.54 Å². The molecule has 2 aromatic heterocycles. The third-order valence-corrected chi connectivity index (χ3v) is 4.27. The molecule has 0 saturated carbocycles. The molecule has 0 saturated heterocycles. The number of hydrogen-bond acceptors (Lipinski definition) is 4. The number of thiophene rings is 1. The summed E-state index contributed by atoms with van der Waals surface area (Å²) in [6, 6.07) is 2.00. The van der Waals surface area contributed by atoms with Gasteiger partial charge in [0.25, 0.3) is 0 Å². The normalized spacial score (nSPS) is 10.3. The number of aromatic nitrogens is 1. The summed E-state index contributed by atoms with van der Waals surface area (Å²) < 4.78 is 1.16. The lowest BCUT2D eigenvalue weighted by Crippen LogP contribution is -2.12. The zero-order valence-corrected chi connectivity index (χ0v) is 12.2. The Kier molecular flexibility index (Phi) is 4.02. The van der Waals surface area contributed by atoms with Crippen molar-refractivity contribution in [3.8, 4) is 0 Å². The maximum atomic E-state index is 4.15. The minimum Gasteiger partial charge on any atom is -0.378 e. The summed E-state index contributed by atoms with van der Waals surface area (Å²) in [5, 5.41) is 7.64. The number of hydrogen-bond donors (Lipinski definition) is 1. The molecule has 0 spiro atoms. The molecule has 0 aliphatic heterocycles. The van der Waals surface area contributed by atoms with Gasteiger partial charge in [-0.2, -0.15) is 11.3 Å². The van der Waals surface area contributed by atoms with Crippen molar-refractivity contribution < 1.29 is 0 Å². The smallest absolute Gasteiger partial charge is 0.0766 e. The lowest BCUT2D eigenvalue weighted by Gasteiger charge is -2.17. The Bertz CT molecular complexity index is 496. The van der Waals surface area contributed by atoms with E-state index in [0.29, 0.717) is 0 Å². The molecular weight excluding hydrogens is 298 g/mol. The first-order valence-electron chi connectivity index (χ1n) is 5.24. The highest BCUT2D eigenvalue weighted by molar-refractivity contribution is 9.10. The number of anilines is 2. The van der Waals surface area contributed by atoms with E-state index in [0.717, 1.165) is 22.4 Å². The van der Waals surface area contributed by atoms with Crippen LogP contribution in [0.3, 0.4) is 0 Å². The molecule has 1 N–H and O–H groups in total. The van der Waals surface area contributed by atoms with Gasteiger partial charge in [-0.25, -0.2) is 0 Å². The van der Waals surface area contributed by atoms with Crippen molar-refractivity contribution >= 4 is 38.6 Å². The van der Waals surface area contributed by atoms with Crippen molar-refractivity contribution in [2.75, 3.05) is 24.3 Å². The van der Waals surface area contributed by atoms with Crippen LogP contribution in [0, 0.1) is 0 Å². The van der Waals surface area contributed by atoms with E-state index in [-0.39, 0.29) is 0 Å². The van der Waals surface area contributed by atoms with Crippen LogP contribution in [0.5, 0.6) is 0 Å². The van der Waals surface area contributed by atoms with Crippen molar-refractivity contribution in [1.29, 1.82) is 0 Å². The van der Waals surface area contributed by atoms with Crippen LogP contribution in [-0.2, 0) is 6.54 Å². The summed E-state index contributed by atoms with van der Waals surface area (Å²) in [6.07, 6.45) is 3.66. The monoisotopic (exact) mass is 311 g/mol.